The van der Waals surface area contributed by atoms with Crippen molar-refractivity contribution in [1.82, 2.24) is 4.90 Å². The lowest BCUT2D eigenvalue weighted by Crippen LogP contribution is -2.28. The Bertz CT molecular complexity index is 359. The Morgan fingerprint density at radius 3 is 2.80 bits per heavy atom. The topological polar surface area (TPSA) is 20.3 Å². The van der Waals surface area contributed by atoms with Gasteiger partial charge in [0.1, 0.15) is 0 Å². The normalized spacial score (nSPS) is 10.9. The number of hydrogen-bond donors (Lipinski definition) is 0. The van der Waals surface area contributed by atoms with Crippen molar-refractivity contribution < 1.29 is 4.79 Å². The highest BCUT2D eigenvalue weighted by Crippen LogP contribution is 2.23. The van der Waals surface area contributed by atoms with Gasteiger partial charge in [0, 0.05) is 11.4 Å². The van der Waals surface area contributed by atoms with Crippen molar-refractivity contribution in [1.29, 1.82) is 0 Å². The monoisotopic (exact) mass is 287 g/mol. The molecular weight excluding hydrogens is 274 g/mol. The molecule has 2 nitrogen and oxygen atoms in total. The highest BCUT2D eigenvalue weighted by molar-refractivity contribution is 9.11. The molecule has 0 aliphatic heterocycles. The van der Waals surface area contributed by atoms with Gasteiger partial charge in [-0.05, 0) is 48.0 Å². The molecule has 0 aliphatic rings. The van der Waals surface area contributed by atoms with Crippen LogP contribution in [0.2, 0.25) is 0 Å². The number of amides is 1. The molecule has 82 valence electrons. The Balaban J connectivity index is 2.65. The van der Waals surface area contributed by atoms with E-state index >= 15 is 0 Å². The summed E-state index contributed by atoms with van der Waals surface area (Å²) in [7, 11) is 0. The van der Waals surface area contributed by atoms with E-state index in [1.165, 1.54) is 4.88 Å². The molecule has 0 aliphatic carbocycles. The van der Waals surface area contributed by atoms with Crippen molar-refractivity contribution in [3.63, 3.8) is 0 Å². The number of rotatable bonds is 4. The van der Waals surface area contributed by atoms with E-state index in [9.17, 15) is 4.79 Å². The molecule has 1 aromatic heterocycles. The molecule has 0 saturated carbocycles. The molecule has 1 heterocycles. The minimum atomic E-state index is 0.0736. The zero-order valence-corrected chi connectivity index (χ0v) is 11.3. The largest absolute Gasteiger partial charge is 0.334 e. The summed E-state index contributed by atoms with van der Waals surface area (Å²) in [4.78, 5) is 14.6. The summed E-state index contributed by atoms with van der Waals surface area (Å²) in [5.74, 6) is 0.0736. The molecule has 0 saturated heterocycles. The minimum Gasteiger partial charge on any atom is -0.334 e. The number of nitrogens with zero attached hydrogens (tertiary/aromatic N) is 1. The minimum absolute atomic E-state index is 0.0736. The van der Waals surface area contributed by atoms with Crippen LogP contribution in [0.3, 0.4) is 0 Å². The summed E-state index contributed by atoms with van der Waals surface area (Å²) in [6.07, 6.45) is 3.38. The molecule has 0 spiro atoms. The maximum Gasteiger partial charge on any atom is 0.246 e. The van der Waals surface area contributed by atoms with E-state index in [0.717, 1.165) is 10.3 Å². The third-order valence-electron chi connectivity index (χ3n) is 1.98. The molecule has 4 heteroatoms. The summed E-state index contributed by atoms with van der Waals surface area (Å²) in [6, 6.07) is 4.05. The second-order valence-electron chi connectivity index (χ2n) is 3.06. The SMILES string of the molecule is CC=CC(=O)N(CC)Cc1ccc(Br)s1. The van der Waals surface area contributed by atoms with Gasteiger partial charge in [0.05, 0.1) is 10.3 Å². The fraction of sp³-hybridized carbons (Fsp3) is 0.364. The Labute approximate surface area is 103 Å². The van der Waals surface area contributed by atoms with Gasteiger partial charge >= 0.3 is 0 Å². The lowest BCUT2D eigenvalue weighted by molar-refractivity contribution is -0.126. The first-order chi connectivity index (χ1) is 7.17. The van der Waals surface area contributed by atoms with Crippen LogP contribution in [-0.2, 0) is 11.3 Å². The molecule has 1 amide bonds. The zero-order chi connectivity index (χ0) is 11.3. The van der Waals surface area contributed by atoms with Gasteiger partial charge in [-0.15, -0.1) is 11.3 Å². The molecule has 15 heavy (non-hydrogen) atoms. The number of halogens is 1. The zero-order valence-electron chi connectivity index (χ0n) is 8.87. The Hall–Kier alpha value is -0.610. The third kappa shape index (κ3) is 3.80. The number of carbonyl (C=O) groups excluding carboxylic acids is 1. The lowest BCUT2D eigenvalue weighted by Gasteiger charge is -2.17. The lowest BCUT2D eigenvalue weighted by atomic mass is 10.3. The molecule has 0 bridgehead atoms. The average Bonchev–Trinajstić information content (AvgIpc) is 2.61. The van der Waals surface area contributed by atoms with E-state index in [1.807, 2.05) is 30.9 Å². The van der Waals surface area contributed by atoms with Crippen molar-refractivity contribution in [2.75, 3.05) is 6.54 Å². The van der Waals surface area contributed by atoms with E-state index in [-0.39, 0.29) is 5.91 Å². The van der Waals surface area contributed by atoms with Crippen LogP contribution in [-0.4, -0.2) is 17.4 Å². The first kappa shape index (κ1) is 12.5. The second kappa shape index (κ2) is 6.08. The standard InChI is InChI=1S/C11H14BrNOS/c1-3-5-11(14)13(4-2)8-9-6-7-10(12)15-9/h3,5-7H,4,8H2,1-2H3. The predicted molar refractivity (Wildman–Crippen MR) is 67.9 cm³/mol. The number of hydrogen-bond acceptors (Lipinski definition) is 2. The van der Waals surface area contributed by atoms with Gasteiger partial charge in [-0.3, -0.25) is 4.79 Å². The van der Waals surface area contributed by atoms with Gasteiger partial charge in [-0.2, -0.15) is 0 Å². The van der Waals surface area contributed by atoms with Gasteiger partial charge in [0.15, 0.2) is 0 Å². The van der Waals surface area contributed by atoms with Crippen molar-refractivity contribution in [2.24, 2.45) is 0 Å². The van der Waals surface area contributed by atoms with Crippen LogP contribution in [0.15, 0.2) is 28.1 Å². The van der Waals surface area contributed by atoms with Crippen LogP contribution in [0.25, 0.3) is 0 Å². The number of carbonyl (C=O) groups is 1. The second-order valence-corrected chi connectivity index (χ2v) is 5.61. The van der Waals surface area contributed by atoms with Gasteiger partial charge in [0.2, 0.25) is 5.91 Å². The van der Waals surface area contributed by atoms with Crippen LogP contribution in [0.5, 0.6) is 0 Å². The van der Waals surface area contributed by atoms with Crippen molar-refractivity contribution in [2.45, 2.75) is 20.4 Å². The number of allylic oxidation sites excluding steroid dienone is 1. The highest BCUT2D eigenvalue weighted by Gasteiger charge is 2.09. The Morgan fingerprint density at radius 2 is 2.33 bits per heavy atom. The fourth-order valence-electron chi connectivity index (χ4n) is 1.22. The van der Waals surface area contributed by atoms with Crippen molar-refractivity contribution >= 4 is 33.2 Å². The third-order valence-corrected chi connectivity index (χ3v) is 3.59. The van der Waals surface area contributed by atoms with Crippen LogP contribution < -0.4 is 0 Å². The number of thiophene rings is 1. The van der Waals surface area contributed by atoms with Crippen molar-refractivity contribution in [3.8, 4) is 0 Å². The van der Waals surface area contributed by atoms with Crippen molar-refractivity contribution in [3.05, 3.63) is 32.9 Å². The van der Waals surface area contributed by atoms with Gasteiger partial charge < -0.3 is 4.90 Å². The van der Waals surface area contributed by atoms with Crippen LogP contribution in [0, 0.1) is 0 Å². The Kier molecular flexibility index (Phi) is 5.05. The van der Waals surface area contributed by atoms with E-state index in [4.69, 9.17) is 0 Å². The predicted octanol–water partition coefficient (Wildman–Crippen LogP) is 3.44. The van der Waals surface area contributed by atoms with Crippen LogP contribution >= 0.6 is 27.3 Å². The summed E-state index contributed by atoms with van der Waals surface area (Å²) in [5, 5.41) is 0. The maximum absolute atomic E-state index is 11.6. The van der Waals surface area contributed by atoms with E-state index in [2.05, 4.69) is 15.9 Å². The van der Waals surface area contributed by atoms with E-state index < -0.39 is 0 Å². The fourth-order valence-corrected chi connectivity index (χ4v) is 2.72. The number of likely N-dealkylation sites (N-methyl/N-ethyl adjacent to an activating group) is 1. The molecular formula is C11H14BrNOS. The quantitative estimate of drug-likeness (QED) is 0.777. The molecule has 0 unspecified atom stereocenters. The molecule has 0 N–H and O–H groups in total. The average molecular weight is 288 g/mol. The molecule has 0 radical (unpaired) electrons. The first-order valence-corrected chi connectivity index (χ1v) is 6.44. The van der Waals surface area contributed by atoms with E-state index in [1.54, 1.807) is 23.5 Å². The van der Waals surface area contributed by atoms with Gasteiger partial charge in [0.25, 0.3) is 0 Å². The molecule has 0 atom stereocenters. The summed E-state index contributed by atoms with van der Waals surface area (Å²) < 4.78 is 1.10. The van der Waals surface area contributed by atoms with E-state index in [0.29, 0.717) is 6.54 Å². The highest BCUT2D eigenvalue weighted by atomic mass is 79.9. The summed E-state index contributed by atoms with van der Waals surface area (Å²) in [6.45, 7) is 5.27. The molecule has 1 rings (SSSR count). The smallest absolute Gasteiger partial charge is 0.246 e. The van der Waals surface area contributed by atoms with Gasteiger partial charge in [-0.1, -0.05) is 6.08 Å². The summed E-state index contributed by atoms with van der Waals surface area (Å²) >= 11 is 5.08. The first-order valence-electron chi connectivity index (χ1n) is 4.83. The van der Waals surface area contributed by atoms with Crippen LogP contribution in [0.4, 0.5) is 0 Å². The molecule has 0 aromatic carbocycles. The summed E-state index contributed by atoms with van der Waals surface area (Å²) in [5.41, 5.74) is 0. The molecule has 1 aromatic rings. The maximum atomic E-state index is 11.6. The molecule has 0 fully saturated rings. The van der Waals surface area contributed by atoms with Crippen LogP contribution in [0.1, 0.15) is 18.7 Å². The Morgan fingerprint density at radius 1 is 1.60 bits per heavy atom. The van der Waals surface area contributed by atoms with Gasteiger partial charge in [-0.25, -0.2) is 0 Å².